The van der Waals surface area contributed by atoms with Gasteiger partial charge in [0.2, 0.25) is 0 Å². The number of hydrogen-bond donors (Lipinski definition) is 1. The minimum atomic E-state index is -0.0871. The van der Waals surface area contributed by atoms with E-state index in [0.29, 0.717) is 6.61 Å². The third-order valence-corrected chi connectivity index (χ3v) is 4.69. The molecule has 28 heavy (non-hydrogen) atoms. The topological polar surface area (TPSA) is 38.3 Å². The van der Waals surface area contributed by atoms with E-state index >= 15 is 0 Å². The molecule has 0 aliphatic rings. The van der Waals surface area contributed by atoms with Crippen LogP contribution in [0.3, 0.4) is 0 Å². The van der Waals surface area contributed by atoms with E-state index in [2.05, 4.69) is 17.4 Å². The summed E-state index contributed by atoms with van der Waals surface area (Å²) in [6.07, 6.45) is 1.75. The van der Waals surface area contributed by atoms with Crippen molar-refractivity contribution in [1.29, 1.82) is 0 Å². The summed E-state index contributed by atoms with van der Waals surface area (Å²) in [7, 11) is 0. The predicted octanol–water partition coefficient (Wildman–Crippen LogP) is 4.98. The molecule has 3 heteroatoms. The van der Waals surface area contributed by atoms with E-state index < -0.39 is 0 Å². The molecule has 3 rings (SSSR count). The molecule has 0 aromatic heterocycles. The smallest absolute Gasteiger partial charge is 0.251 e. The van der Waals surface area contributed by atoms with E-state index in [1.165, 1.54) is 11.1 Å². The van der Waals surface area contributed by atoms with Crippen molar-refractivity contribution in [2.75, 3.05) is 6.61 Å². The third-order valence-electron chi connectivity index (χ3n) is 4.69. The van der Waals surface area contributed by atoms with Crippen molar-refractivity contribution in [2.24, 2.45) is 0 Å². The van der Waals surface area contributed by atoms with Crippen LogP contribution in [0.25, 0.3) is 0 Å². The Labute approximate surface area is 167 Å². The Morgan fingerprint density at radius 2 is 1.57 bits per heavy atom. The fourth-order valence-electron chi connectivity index (χ4n) is 3.08. The molecular formula is C25H27NO2. The average molecular weight is 373 g/mol. The Morgan fingerprint density at radius 3 is 2.32 bits per heavy atom. The first-order valence-corrected chi connectivity index (χ1v) is 9.74. The van der Waals surface area contributed by atoms with E-state index in [1.54, 1.807) is 0 Å². The van der Waals surface area contributed by atoms with Gasteiger partial charge in [0.15, 0.2) is 0 Å². The molecule has 144 valence electrons. The zero-order chi connectivity index (χ0) is 19.8. The minimum absolute atomic E-state index is 0.0522. The predicted molar refractivity (Wildman–Crippen MR) is 114 cm³/mol. The molecule has 3 aromatic rings. The standard InChI is InChI=1S/C25H27NO2/c1-19-12-16-23(17-13-19)28-18-20(2)26-25(27)24-11-7-6-10-22(24)15-14-21-8-4-3-5-9-21/h3-13,16-17,20H,14-15,18H2,1-2H3,(H,26,27)/t20-/m0/s1. The van der Waals surface area contributed by atoms with Crippen molar-refractivity contribution in [2.45, 2.75) is 32.7 Å². The highest BCUT2D eigenvalue weighted by molar-refractivity contribution is 5.95. The molecule has 0 spiro atoms. The number of ether oxygens (including phenoxy) is 1. The SMILES string of the molecule is Cc1ccc(OC[C@H](C)NC(=O)c2ccccc2CCc2ccccc2)cc1. The highest BCUT2D eigenvalue weighted by Gasteiger charge is 2.14. The molecular weight excluding hydrogens is 346 g/mol. The molecule has 3 nitrogen and oxygen atoms in total. The van der Waals surface area contributed by atoms with E-state index in [0.717, 1.165) is 29.7 Å². The lowest BCUT2D eigenvalue weighted by molar-refractivity contribution is 0.0925. The van der Waals surface area contributed by atoms with Crippen molar-refractivity contribution < 1.29 is 9.53 Å². The number of nitrogens with one attached hydrogen (secondary N) is 1. The molecule has 0 fully saturated rings. The second-order valence-electron chi connectivity index (χ2n) is 7.14. The van der Waals surface area contributed by atoms with Gasteiger partial charge in [0.05, 0.1) is 6.04 Å². The summed E-state index contributed by atoms with van der Waals surface area (Å²) in [6, 6.07) is 26.0. The Bertz CT molecular complexity index is 888. The molecule has 0 bridgehead atoms. The molecule has 0 heterocycles. The molecule has 3 aromatic carbocycles. The lowest BCUT2D eigenvalue weighted by atomic mass is 9.99. The summed E-state index contributed by atoms with van der Waals surface area (Å²) in [5.74, 6) is 0.763. The summed E-state index contributed by atoms with van der Waals surface area (Å²) in [5.41, 5.74) is 4.27. The molecule has 0 saturated heterocycles. The fourth-order valence-corrected chi connectivity index (χ4v) is 3.08. The second kappa shape index (κ2) is 9.75. The van der Waals surface area contributed by atoms with Crippen LogP contribution in [0.1, 0.15) is 34.0 Å². The molecule has 0 radical (unpaired) electrons. The fraction of sp³-hybridized carbons (Fsp3) is 0.240. The van der Waals surface area contributed by atoms with Crippen LogP contribution in [-0.2, 0) is 12.8 Å². The summed E-state index contributed by atoms with van der Waals surface area (Å²) >= 11 is 0. The number of carbonyl (C=O) groups is 1. The maximum absolute atomic E-state index is 12.8. The second-order valence-corrected chi connectivity index (χ2v) is 7.14. The molecule has 1 amide bonds. The monoisotopic (exact) mass is 373 g/mol. The lowest BCUT2D eigenvalue weighted by Gasteiger charge is -2.17. The van der Waals surface area contributed by atoms with Gasteiger partial charge in [-0.05, 0) is 56.0 Å². The van der Waals surface area contributed by atoms with Gasteiger partial charge in [-0.2, -0.15) is 0 Å². The van der Waals surface area contributed by atoms with Crippen LogP contribution in [0, 0.1) is 6.92 Å². The van der Waals surface area contributed by atoms with Gasteiger partial charge >= 0.3 is 0 Å². The van der Waals surface area contributed by atoms with Crippen molar-refractivity contribution >= 4 is 5.91 Å². The van der Waals surface area contributed by atoms with Gasteiger partial charge in [0.1, 0.15) is 12.4 Å². The van der Waals surface area contributed by atoms with Gasteiger partial charge in [-0.25, -0.2) is 0 Å². The number of carbonyl (C=O) groups excluding carboxylic acids is 1. The first-order chi connectivity index (χ1) is 13.6. The lowest BCUT2D eigenvalue weighted by Crippen LogP contribution is -2.37. The van der Waals surface area contributed by atoms with Crippen LogP contribution in [0.4, 0.5) is 0 Å². The van der Waals surface area contributed by atoms with Crippen molar-refractivity contribution in [3.8, 4) is 5.75 Å². The normalized spacial score (nSPS) is 11.6. The number of amides is 1. The summed E-state index contributed by atoms with van der Waals surface area (Å²) in [6.45, 7) is 4.43. The molecule has 0 aliphatic heterocycles. The van der Waals surface area contributed by atoms with Gasteiger partial charge < -0.3 is 10.1 Å². The summed E-state index contributed by atoms with van der Waals surface area (Å²) < 4.78 is 5.78. The van der Waals surface area contributed by atoms with Crippen LogP contribution >= 0.6 is 0 Å². The minimum Gasteiger partial charge on any atom is -0.491 e. The number of rotatable bonds is 8. The summed E-state index contributed by atoms with van der Waals surface area (Å²) in [5, 5.41) is 3.05. The number of aryl methyl sites for hydroxylation is 3. The molecule has 0 aliphatic carbocycles. The van der Waals surface area contributed by atoms with Crippen LogP contribution in [0.2, 0.25) is 0 Å². The van der Waals surface area contributed by atoms with Gasteiger partial charge in [0, 0.05) is 5.56 Å². The largest absolute Gasteiger partial charge is 0.491 e. The average Bonchev–Trinajstić information content (AvgIpc) is 2.73. The van der Waals surface area contributed by atoms with E-state index in [4.69, 9.17) is 4.74 Å². The maximum Gasteiger partial charge on any atom is 0.251 e. The highest BCUT2D eigenvalue weighted by atomic mass is 16.5. The van der Waals surface area contributed by atoms with Gasteiger partial charge in [-0.3, -0.25) is 4.79 Å². The quantitative estimate of drug-likeness (QED) is 0.605. The van der Waals surface area contributed by atoms with Gasteiger partial charge in [-0.15, -0.1) is 0 Å². The Kier molecular flexibility index (Phi) is 6.85. The van der Waals surface area contributed by atoms with Crippen LogP contribution in [-0.4, -0.2) is 18.6 Å². The van der Waals surface area contributed by atoms with Crippen LogP contribution < -0.4 is 10.1 Å². The van der Waals surface area contributed by atoms with Crippen LogP contribution in [0.15, 0.2) is 78.9 Å². The first kappa shape index (κ1) is 19.7. The number of benzene rings is 3. The zero-order valence-electron chi connectivity index (χ0n) is 16.5. The first-order valence-electron chi connectivity index (χ1n) is 9.74. The molecule has 1 N–H and O–H groups in total. The van der Waals surface area contributed by atoms with E-state index in [1.807, 2.05) is 80.6 Å². The maximum atomic E-state index is 12.8. The molecule has 0 saturated carbocycles. The van der Waals surface area contributed by atoms with Gasteiger partial charge in [-0.1, -0.05) is 66.2 Å². The zero-order valence-corrected chi connectivity index (χ0v) is 16.5. The molecule has 0 unspecified atom stereocenters. The van der Waals surface area contributed by atoms with Gasteiger partial charge in [0.25, 0.3) is 5.91 Å². The van der Waals surface area contributed by atoms with Crippen molar-refractivity contribution in [3.05, 3.63) is 101 Å². The Balaban J connectivity index is 1.56. The van der Waals surface area contributed by atoms with Crippen molar-refractivity contribution in [3.63, 3.8) is 0 Å². The Morgan fingerprint density at radius 1 is 0.893 bits per heavy atom. The number of hydrogen-bond acceptors (Lipinski definition) is 2. The van der Waals surface area contributed by atoms with Crippen molar-refractivity contribution in [1.82, 2.24) is 5.32 Å². The van der Waals surface area contributed by atoms with Crippen LogP contribution in [0.5, 0.6) is 5.75 Å². The highest BCUT2D eigenvalue weighted by Crippen LogP contribution is 2.14. The van der Waals surface area contributed by atoms with E-state index in [9.17, 15) is 4.79 Å². The molecule has 1 atom stereocenters. The summed E-state index contributed by atoms with van der Waals surface area (Å²) in [4.78, 5) is 12.8. The Hall–Kier alpha value is -3.07. The van der Waals surface area contributed by atoms with E-state index in [-0.39, 0.29) is 11.9 Å². The third kappa shape index (κ3) is 5.71.